The van der Waals surface area contributed by atoms with Crippen LogP contribution in [-0.2, 0) is 3.23 Å². The molecule has 124 valence electrons. The number of H-pyrrole nitrogens is 1. The van der Waals surface area contributed by atoms with Gasteiger partial charge in [0.2, 0.25) is 0 Å². The van der Waals surface area contributed by atoms with Gasteiger partial charge in [0.05, 0.1) is 24.9 Å². The Bertz CT molecular complexity index is 951. The Kier molecular flexibility index (Phi) is 4.26. The SMILES string of the molecule is COc1cc(Br)c(N2CC(Br)(Br)c3cc(Br)ccc32)c2cc[nH]c12. The molecular weight excluding hydrogens is 568 g/mol. The number of rotatable bonds is 2. The van der Waals surface area contributed by atoms with Crippen molar-refractivity contribution in [3.8, 4) is 5.75 Å². The summed E-state index contributed by atoms with van der Waals surface area (Å²) in [5.41, 5.74) is 4.48. The molecule has 0 saturated heterocycles. The fraction of sp³-hybridized carbons (Fsp3) is 0.176. The van der Waals surface area contributed by atoms with Crippen LogP contribution in [0, 0.1) is 0 Å². The van der Waals surface area contributed by atoms with Crippen LogP contribution >= 0.6 is 63.7 Å². The molecule has 3 aromatic rings. The van der Waals surface area contributed by atoms with E-state index in [1.54, 1.807) is 7.11 Å². The van der Waals surface area contributed by atoms with Gasteiger partial charge in [0, 0.05) is 31.8 Å². The highest BCUT2D eigenvalue weighted by Gasteiger charge is 2.40. The summed E-state index contributed by atoms with van der Waals surface area (Å²) in [5, 5.41) is 1.12. The number of hydrogen-bond acceptors (Lipinski definition) is 2. The van der Waals surface area contributed by atoms with Gasteiger partial charge >= 0.3 is 0 Å². The summed E-state index contributed by atoms with van der Waals surface area (Å²) in [6.45, 7) is 0.768. The van der Waals surface area contributed by atoms with Gasteiger partial charge in [0.1, 0.15) is 8.98 Å². The van der Waals surface area contributed by atoms with Crippen LogP contribution in [-0.4, -0.2) is 18.6 Å². The number of ether oxygens (including phenoxy) is 1. The second kappa shape index (κ2) is 6.04. The molecule has 0 radical (unpaired) electrons. The van der Waals surface area contributed by atoms with Crippen molar-refractivity contribution in [1.29, 1.82) is 0 Å². The van der Waals surface area contributed by atoms with Gasteiger partial charge in [-0.05, 0) is 46.3 Å². The maximum atomic E-state index is 5.51. The number of methoxy groups -OCH3 is 1. The predicted octanol–water partition coefficient (Wildman–Crippen LogP) is 6.80. The van der Waals surface area contributed by atoms with E-state index in [1.165, 1.54) is 11.3 Å². The number of nitrogens with zero attached hydrogens (tertiary/aromatic N) is 1. The van der Waals surface area contributed by atoms with Gasteiger partial charge in [-0.3, -0.25) is 0 Å². The average molecular weight is 580 g/mol. The molecular formula is C17H12Br4N2O. The maximum Gasteiger partial charge on any atom is 0.144 e. The van der Waals surface area contributed by atoms with Crippen molar-refractivity contribution in [2.24, 2.45) is 0 Å². The highest BCUT2D eigenvalue weighted by molar-refractivity contribution is 9.24. The van der Waals surface area contributed by atoms with Crippen molar-refractivity contribution in [1.82, 2.24) is 4.98 Å². The normalized spacial score (nSPS) is 15.8. The van der Waals surface area contributed by atoms with Gasteiger partial charge in [-0.15, -0.1) is 0 Å². The molecule has 0 unspecified atom stereocenters. The number of benzene rings is 2. The molecule has 0 aliphatic carbocycles. The average Bonchev–Trinajstić information content (AvgIpc) is 3.10. The van der Waals surface area contributed by atoms with Crippen LogP contribution in [0.2, 0.25) is 0 Å². The molecule has 0 fully saturated rings. The summed E-state index contributed by atoms with van der Waals surface area (Å²) < 4.78 is 7.28. The Morgan fingerprint density at radius 2 is 1.96 bits per heavy atom. The summed E-state index contributed by atoms with van der Waals surface area (Å²) >= 11 is 15.0. The summed E-state index contributed by atoms with van der Waals surface area (Å²) in [6.07, 6.45) is 1.94. The predicted molar refractivity (Wildman–Crippen MR) is 113 cm³/mol. The third-order valence-electron chi connectivity index (χ3n) is 4.22. The lowest BCUT2D eigenvalue weighted by atomic mass is 10.1. The second-order valence-corrected chi connectivity index (χ2v) is 11.2. The molecule has 7 heteroatoms. The van der Waals surface area contributed by atoms with E-state index in [1.807, 2.05) is 12.3 Å². The lowest BCUT2D eigenvalue weighted by Gasteiger charge is -2.24. The van der Waals surface area contributed by atoms with Crippen molar-refractivity contribution in [3.05, 3.63) is 51.0 Å². The van der Waals surface area contributed by atoms with Crippen LogP contribution in [0.3, 0.4) is 0 Å². The van der Waals surface area contributed by atoms with Crippen LogP contribution in [0.1, 0.15) is 5.56 Å². The fourth-order valence-corrected chi connectivity index (χ4v) is 5.33. The Morgan fingerprint density at radius 1 is 1.17 bits per heavy atom. The first-order valence-electron chi connectivity index (χ1n) is 7.21. The van der Waals surface area contributed by atoms with E-state index in [0.29, 0.717) is 0 Å². The second-order valence-electron chi connectivity index (χ2n) is 5.63. The van der Waals surface area contributed by atoms with Crippen LogP contribution in [0.4, 0.5) is 11.4 Å². The van der Waals surface area contributed by atoms with Gasteiger partial charge in [-0.1, -0.05) is 47.8 Å². The Labute approximate surface area is 173 Å². The summed E-state index contributed by atoms with van der Waals surface area (Å²) in [5.74, 6) is 0.824. The van der Waals surface area contributed by atoms with Crippen LogP contribution in [0.15, 0.2) is 45.5 Å². The number of aromatic amines is 1. The van der Waals surface area contributed by atoms with E-state index in [9.17, 15) is 0 Å². The number of nitrogens with one attached hydrogen (secondary N) is 1. The number of halogens is 4. The van der Waals surface area contributed by atoms with Crippen molar-refractivity contribution in [2.45, 2.75) is 3.23 Å². The zero-order valence-corrected chi connectivity index (χ0v) is 18.9. The molecule has 1 N–H and O–H groups in total. The monoisotopic (exact) mass is 576 g/mol. The summed E-state index contributed by atoms with van der Waals surface area (Å²) in [4.78, 5) is 5.59. The number of hydrogen-bond donors (Lipinski definition) is 1. The highest BCUT2D eigenvalue weighted by atomic mass is 79.9. The van der Waals surface area contributed by atoms with Crippen molar-refractivity contribution in [2.75, 3.05) is 18.6 Å². The van der Waals surface area contributed by atoms with E-state index < -0.39 is 0 Å². The quantitative estimate of drug-likeness (QED) is 0.339. The minimum Gasteiger partial charge on any atom is -0.495 e. The number of alkyl halides is 2. The van der Waals surface area contributed by atoms with Crippen molar-refractivity contribution >= 4 is 86.0 Å². The van der Waals surface area contributed by atoms with E-state index in [-0.39, 0.29) is 3.23 Å². The van der Waals surface area contributed by atoms with Crippen LogP contribution < -0.4 is 9.64 Å². The largest absolute Gasteiger partial charge is 0.495 e. The Morgan fingerprint density at radius 3 is 2.71 bits per heavy atom. The van der Waals surface area contributed by atoms with Gasteiger partial charge in [-0.2, -0.15) is 0 Å². The molecule has 0 bridgehead atoms. The van der Waals surface area contributed by atoms with Gasteiger partial charge < -0.3 is 14.6 Å². The number of fused-ring (bicyclic) bond motifs is 2. The van der Waals surface area contributed by atoms with Gasteiger partial charge in [0.15, 0.2) is 0 Å². The maximum absolute atomic E-state index is 5.51. The lowest BCUT2D eigenvalue weighted by molar-refractivity contribution is 0.419. The van der Waals surface area contributed by atoms with Crippen molar-refractivity contribution < 1.29 is 4.74 Å². The molecule has 4 rings (SSSR count). The van der Waals surface area contributed by atoms with Crippen molar-refractivity contribution in [3.63, 3.8) is 0 Å². The fourth-order valence-electron chi connectivity index (χ4n) is 3.20. The van der Waals surface area contributed by atoms with Gasteiger partial charge in [0.25, 0.3) is 0 Å². The topological polar surface area (TPSA) is 28.3 Å². The molecule has 3 nitrogen and oxygen atoms in total. The molecule has 0 saturated carbocycles. The molecule has 0 amide bonds. The lowest BCUT2D eigenvalue weighted by Crippen LogP contribution is -2.20. The van der Waals surface area contributed by atoms with Crippen LogP contribution in [0.5, 0.6) is 5.75 Å². The third-order valence-corrected chi connectivity index (χ3v) is 6.68. The van der Waals surface area contributed by atoms with Gasteiger partial charge in [-0.25, -0.2) is 0 Å². The van der Waals surface area contributed by atoms with Crippen LogP contribution in [0.25, 0.3) is 10.9 Å². The number of anilines is 2. The molecule has 2 heterocycles. The molecule has 1 aliphatic heterocycles. The third kappa shape index (κ3) is 2.55. The first-order valence-corrected chi connectivity index (χ1v) is 10.4. The zero-order valence-electron chi connectivity index (χ0n) is 12.5. The molecule has 0 spiro atoms. The van der Waals surface area contributed by atoms with E-state index >= 15 is 0 Å². The smallest absolute Gasteiger partial charge is 0.144 e. The first-order chi connectivity index (χ1) is 11.4. The molecule has 0 atom stereocenters. The standard InChI is InChI=1S/C17H12Br4N2O/c1-24-14-7-12(19)16(10-4-5-22-15(10)14)23-8-17(20,21)11-6-9(18)2-3-13(11)23/h2-7,22H,8H2,1H3. The minimum atomic E-state index is -0.291. The van der Waals surface area contributed by atoms with E-state index in [4.69, 9.17) is 4.74 Å². The Balaban J connectivity index is 1.98. The molecule has 1 aromatic heterocycles. The summed E-state index contributed by atoms with van der Waals surface area (Å²) in [6, 6.07) is 10.4. The summed E-state index contributed by atoms with van der Waals surface area (Å²) in [7, 11) is 1.69. The molecule has 24 heavy (non-hydrogen) atoms. The number of aromatic nitrogens is 1. The highest BCUT2D eigenvalue weighted by Crippen LogP contribution is 2.55. The van der Waals surface area contributed by atoms with E-state index in [2.05, 4.69) is 97.9 Å². The minimum absolute atomic E-state index is 0.291. The van der Waals surface area contributed by atoms with E-state index in [0.717, 1.165) is 37.8 Å². The first kappa shape index (κ1) is 16.9. The molecule has 2 aromatic carbocycles. The molecule has 1 aliphatic rings. The zero-order chi connectivity index (χ0) is 17.1. The Hall–Kier alpha value is -0.500.